The first-order valence-corrected chi connectivity index (χ1v) is 9.55. The standard InChI is InChI=1S/C19H29ClN2O2/c20-18-4-2-1-3-17(18)19(23)15-22-9-6-16(7-10-22)5-8-21-11-13-24-14-12-21/h1-4,16,19,23H,5-15H2/t19-/m1/s1. The molecular weight excluding hydrogens is 324 g/mol. The molecule has 0 aromatic heterocycles. The van der Waals surface area contributed by atoms with Crippen molar-refractivity contribution in [3.63, 3.8) is 0 Å². The van der Waals surface area contributed by atoms with Gasteiger partial charge in [-0.15, -0.1) is 0 Å². The number of aliphatic hydroxyl groups is 1. The number of ether oxygens (including phenoxy) is 1. The van der Waals surface area contributed by atoms with Crippen molar-refractivity contribution < 1.29 is 9.84 Å². The lowest BCUT2D eigenvalue weighted by molar-refractivity contribution is 0.0324. The van der Waals surface area contributed by atoms with Crippen LogP contribution < -0.4 is 0 Å². The molecule has 24 heavy (non-hydrogen) atoms. The van der Waals surface area contributed by atoms with Gasteiger partial charge in [-0.25, -0.2) is 0 Å². The molecule has 1 atom stereocenters. The maximum Gasteiger partial charge on any atom is 0.0931 e. The summed E-state index contributed by atoms with van der Waals surface area (Å²) in [6, 6.07) is 7.60. The summed E-state index contributed by atoms with van der Waals surface area (Å²) in [7, 11) is 0. The number of β-amino-alcohol motifs (C(OH)–C–C–N with tert-alkyl or cyclic N) is 1. The lowest BCUT2D eigenvalue weighted by atomic mass is 9.93. The Bertz CT molecular complexity index is 500. The molecule has 5 heteroatoms. The summed E-state index contributed by atoms with van der Waals surface area (Å²) in [5.74, 6) is 0.821. The number of likely N-dealkylation sites (tertiary alicyclic amines) is 1. The van der Waals surface area contributed by atoms with Crippen LogP contribution >= 0.6 is 11.6 Å². The van der Waals surface area contributed by atoms with E-state index in [1.165, 1.54) is 25.8 Å². The van der Waals surface area contributed by atoms with Crippen LogP contribution in [-0.4, -0.2) is 67.4 Å². The quantitative estimate of drug-likeness (QED) is 0.854. The third kappa shape index (κ3) is 5.17. The first-order chi connectivity index (χ1) is 11.7. The molecule has 1 N–H and O–H groups in total. The molecule has 0 aliphatic carbocycles. The molecule has 2 aliphatic rings. The SMILES string of the molecule is O[C@H](CN1CCC(CCN2CCOCC2)CC1)c1ccccc1Cl. The zero-order chi connectivity index (χ0) is 16.8. The normalized spacial score (nSPS) is 22.6. The number of benzene rings is 1. The van der Waals surface area contributed by atoms with Crippen LogP contribution in [0.5, 0.6) is 0 Å². The van der Waals surface area contributed by atoms with Gasteiger partial charge in [0.2, 0.25) is 0 Å². The van der Waals surface area contributed by atoms with Crippen LogP contribution in [0.15, 0.2) is 24.3 Å². The van der Waals surface area contributed by atoms with Gasteiger partial charge in [0.1, 0.15) is 0 Å². The molecule has 134 valence electrons. The van der Waals surface area contributed by atoms with Crippen molar-refractivity contribution in [3.05, 3.63) is 34.9 Å². The molecule has 2 aliphatic heterocycles. The fourth-order valence-corrected chi connectivity index (χ4v) is 4.00. The van der Waals surface area contributed by atoms with Crippen LogP contribution in [0.4, 0.5) is 0 Å². The highest BCUT2D eigenvalue weighted by Gasteiger charge is 2.23. The van der Waals surface area contributed by atoms with Crippen molar-refractivity contribution in [2.24, 2.45) is 5.92 Å². The average Bonchev–Trinajstić information content (AvgIpc) is 2.62. The van der Waals surface area contributed by atoms with Gasteiger partial charge in [-0.3, -0.25) is 4.90 Å². The van der Waals surface area contributed by atoms with Crippen molar-refractivity contribution in [1.29, 1.82) is 0 Å². The van der Waals surface area contributed by atoms with E-state index in [2.05, 4.69) is 9.80 Å². The third-order valence-electron chi connectivity index (χ3n) is 5.36. The number of nitrogens with zero attached hydrogens (tertiary/aromatic N) is 2. The van der Waals surface area contributed by atoms with Gasteiger partial charge in [0.15, 0.2) is 0 Å². The van der Waals surface area contributed by atoms with Crippen LogP contribution in [0, 0.1) is 5.92 Å². The second-order valence-corrected chi connectivity index (χ2v) is 7.43. The Kier molecular flexibility index (Phi) is 6.93. The fraction of sp³-hybridized carbons (Fsp3) is 0.684. The van der Waals surface area contributed by atoms with E-state index in [9.17, 15) is 5.11 Å². The Morgan fingerprint density at radius 2 is 1.79 bits per heavy atom. The Labute approximate surface area is 150 Å². The molecule has 2 fully saturated rings. The first-order valence-electron chi connectivity index (χ1n) is 9.17. The molecule has 0 radical (unpaired) electrons. The van der Waals surface area contributed by atoms with Crippen LogP contribution in [0.25, 0.3) is 0 Å². The molecule has 1 aromatic rings. The molecule has 2 saturated heterocycles. The molecule has 0 spiro atoms. The lowest BCUT2D eigenvalue weighted by Gasteiger charge is -2.34. The van der Waals surface area contributed by atoms with Crippen molar-refractivity contribution in [1.82, 2.24) is 9.80 Å². The topological polar surface area (TPSA) is 35.9 Å². The summed E-state index contributed by atoms with van der Waals surface area (Å²) in [4.78, 5) is 4.90. The smallest absolute Gasteiger partial charge is 0.0931 e. The fourth-order valence-electron chi connectivity index (χ4n) is 3.74. The van der Waals surface area contributed by atoms with E-state index in [0.29, 0.717) is 11.6 Å². The number of piperidine rings is 1. The predicted octanol–water partition coefficient (Wildman–Crippen LogP) is 2.81. The molecule has 4 nitrogen and oxygen atoms in total. The van der Waals surface area contributed by atoms with Gasteiger partial charge >= 0.3 is 0 Å². The van der Waals surface area contributed by atoms with Crippen molar-refractivity contribution in [2.45, 2.75) is 25.4 Å². The van der Waals surface area contributed by atoms with E-state index in [0.717, 1.165) is 50.9 Å². The Hall–Kier alpha value is -0.650. The van der Waals surface area contributed by atoms with E-state index >= 15 is 0 Å². The minimum absolute atomic E-state index is 0.497. The highest BCUT2D eigenvalue weighted by atomic mass is 35.5. The molecule has 3 rings (SSSR count). The van der Waals surface area contributed by atoms with Gasteiger partial charge in [-0.2, -0.15) is 0 Å². The molecule has 0 saturated carbocycles. The summed E-state index contributed by atoms with van der Waals surface area (Å²) in [5, 5.41) is 11.1. The van der Waals surface area contributed by atoms with Crippen LogP contribution in [0.3, 0.4) is 0 Å². The molecular formula is C19H29ClN2O2. The Balaban J connectivity index is 1.38. The summed E-state index contributed by atoms with van der Waals surface area (Å²) in [6.45, 7) is 7.99. The monoisotopic (exact) mass is 352 g/mol. The van der Waals surface area contributed by atoms with Crippen LogP contribution in [0.1, 0.15) is 30.9 Å². The number of hydrogen-bond donors (Lipinski definition) is 1. The number of rotatable bonds is 6. The molecule has 0 amide bonds. The van der Waals surface area contributed by atoms with Gasteiger partial charge in [0.05, 0.1) is 19.3 Å². The average molecular weight is 353 g/mol. The Morgan fingerprint density at radius 3 is 2.50 bits per heavy atom. The van der Waals surface area contributed by atoms with Gasteiger partial charge in [-0.1, -0.05) is 29.8 Å². The zero-order valence-corrected chi connectivity index (χ0v) is 15.1. The first kappa shape index (κ1) is 18.2. The largest absolute Gasteiger partial charge is 0.387 e. The molecule has 1 aromatic carbocycles. The maximum absolute atomic E-state index is 10.4. The number of morpholine rings is 1. The minimum Gasteiger partial charge on any atom is -0.387 e. The van der Waals surface area contributed by atoms with Crippen molar-refractivity contribution in [2.75, 3.05) is 52.5 Å². The lowest BCUT2D eigenvalue weighted by Crippen LogP contribution is -2.40. The minimum atomic E-state index is -0.497. The Morgan fingerprint density at radius 1 is 1.08 bits per heavy atom. The zero-order valence-electron chi connectivity index (χ0n) is 14.4. The van der Waals surface area contributed by atoms with E-state index in [4.69, 9.17) is 16.3 Å². The van der Waals surface area contributed by atoms with Crippen LogP contribution in [-0.2, 0) is 4.74 Å². The summed E-state index contributed by atoms with van der Waals surface area (Å²) < 4.78 is 5.41. The van der Waals surface area contributed by atoms with Crippen molar-refractivity contribution >= 4 is 11.6 Å². The van der Waals surface area contributed by atoms with Crippen LogP contribution in [0.2, 0.25) is 5.02 Å². The van der Waals surface area contributed by atoms with Gasteiger partial charge in [0, 0.05) is 30.2 Å². The molecule has 0 unspecified atom stereocenters. The number of halogens is 1. The number of hydrogen-bond acceptors (Lipinski definition) is 4. The maximum atomic E-state index is 10.4. The highest BCUT2D eigenvalue weighted by molar-refractivity contribution is 6.31. The van der Waals surface area contributed by atoms with E-state index in [1.54, 1.807) is 0 Å². The van der Waals surface area contributed by atoms with E-state index in [-0.39, 0.29) is 0 Å². The predicted molar refractivity (Wildman–Crippen MR) is 97.5 cm³/mol. The second kappa shape index (κ2) is 9.16. The second-order valence-electron chi connectivity index (χ2n) is 7.02. The highest BCUT2D eigenvalue weighted by Crippen LogP contribution is 2.26. The molecule has 2 heterocycles. The van der Waals surface area contributed by atoms with E-state index < -0.39 is 6.10 Å². The van der Waals surface area contributed by atoms with E-state index in [1.807, 2.05) is 24.3 Å². The third-order valence-corrected chi connectivity index (χ3v) is 5.70. The van der Waals surface area contributed by atoms with Gasteiger partial charge < -0.3 is 14.7 Å². The van der Waals surface area contributed by atoms with Gasteiger partial charge in [0.25, 0.3) is 0 Å². The van der Waals surface area contributed by atoms with Gasteiger partial charge in [-0.05, 0) is 50.9 Å². The number of aliphatic hydroxyl groups excluding tert-OH is 1. The molecule has 0 bridgehead atoms. The van der Waals surface area contributed by atoms with Crippen molar-refractivity contribution in [3.8, 4) is 0 Å². The summed E-state index contributed by atoms with van der Waals surface area (Å²) >= 11 is 6.18. The summed E-state index contributed by atoms with van der Waals surface area (Å²) in [5.41, 5.74) is 0.841. The summed E-state index contributed by atoms with van der Waals surface area (Å²) in [6.07, 6.45) is 3.27.